The van der Waals surface area contributed by atoms with E-state index in [2.05, 4.69) is 25.5 Å². The molecular weight excluding hydrogens is 310 g/mol. The van der Waals surface area contributed by atoms with Gasteiger partial charge in [0, 0.05) is 22.8 Å². The first kappa shape index (κ1) is 14.1. The zero-order valence-corrected chi connectivity index (χ0v) is 13.2. The first-order valence-electron chi connectivity index (χ1n) is 7.51. The van der Waals surface area contributed by atoms with Crippen LogP contribution in [0.2, 0.25) is 0 Å². The molecule has 0 fully saturated rings. The second kappa shape index (κ2) is 5.92. The van der Waals surface area contributed by atoms with Crippen molar-refractivity contribution in [2.75, 3.05) is 0 Å². The van der Waals surface area contributed by atoms with Gasteiger partial charge in [-0.05, 0) is 43.0 Å². The molecule has 1 amide bonds. The molecule has 0 aromatic carbocycles. The standard InChI is InChI=1S/C16H15N5OS/c22-16(13-7-10-3-1-5-12(10)23-13)18-9-14-19-15(21-20-14)11-4-2-6-17-8-11/h2,4,6-8H,1,3,5,9H2,(H,18,22)(H,19,20,21). The Balaban J connectivity index is 1.41. The molecular formula is C16H15N5OS. The Hall–Kier alpha value is -2.54. The highest BCUT2D eigenvalue weighted by molar-refractivity contribution is 7.14. The van der Waals surface area contributed by atoms with E-state index in [1.54, 1.807) is 23.7 Å². The molecule has 0 saturated heterocycles. The predicted octanol–water partition coefficient (Wildman–Crippen LogP) is 2.35. The van der Waals surface area contributed by atoms with Gasteiger partial charge >= 0.3 is 0 Å². The maximum absolute atomic E-state index is 12.2. The summed E-state index contributed by atoms with van der Waals surface area (Å²) in [5.74, 6) is 1.16. The highest BCUT2D eigenvalue weighted by atomic mass is 32.1. The number of carbonyl (C=O) groups is 1. The average molecular weight is 325 g/mol. The zero-order valence-electron chi connectivity index (χ0n) is 12.4. The minimum absolute atomic E-state index is 0.0521. The second-order valence-electron chi connectivity index (χ2n) is 5.44. The van der Waals surface area contributed by atoms with E-state index in [9.17, 15) is 4.79 Å². The highest BCUT2D eigenvalue weighted by Gasteiger charge is 2.18. The topological polar surface area (TPSA) is 83.6 Å². The molecule has 7 heteroatoms. The number of nitrogens with zero attached hydrogens (tertiary/aromatic N) is 3. The van der Waals surface area contributed by atoms with E-state index >= 15 is 0 Å². The molecule has 4 rings (SSSR count). The summed E-state index contributed by atoms with van der Waals surface area (Å²) >= 11 is 1.60. The molecule has 1 aliphatic carbocycles. The Kier molecular flexibility index (Phi) is 3.63. The third-order valence-electron chi connectivity index (χ3n) is 3.84. The molecule has 1 aliphatic rings. The number of H-pyrrole nitrogens is 1. The summed E-state index contributed by atoms with van der Waals surface area (Å²) in [6.45, 7) is 0.328. The van der Waals surface area contributed by atoms with Crippen LogP contribution in [0.15, 0.2) is 30.6 Å². The van der Waals surface area contributed by atoms with Gasteiger partial charge in [-0.15, -0.1) is 11.3 Å². The molecule has 0 unspecified atom stereocenters. The van der Waals surface area contributed by atoms with Crippen molar-refractivity contribution in [2.45, 2.75) is 25.8 Å². The first-order chi connectivity index (χ1) is 11.3. The summed E-state index contributed by atoms with van der Waals surface area (Å²) in [6.07, 6.45) is 6.81. The van der Waals surface area contributed by atoms with E-state index < -0.39 is 0 Å². The van der Waals surface area contributed by atoms with Gasteiger partial charge in [0.2, 0.25) is 0 Å². The van der Waals surface area contributed by atoms with Gasteiger partial charge in [0.05, 0.1) is 11.4 Å². The first-order valence-corrected chi connectivity index (χ1v) is 8.33. The van der Waals surface area contributed by atoms with E-state index in [-0.39, 0.29) is 5.91 Å². The van der Waals surface area contributed by atoms with Crippen LogP contribution >= 0.6 is 11.3 Å². The minimum Gasteiger partial charge on any atom is -0.344 e. The third kappa shape index (κ3) is 2.87. The number of carbonyl (C=O) groups excluding carboxylic acids is 1. The molecule has 3 aromatic heterocycles. The fraction of sp³-hybridized carbons (Fsp3) is 0.250. The SMILES string of the molecule is O=C(NCc1nc(-c2cccnc2)n[nH]1)c1cc2c(s1)CCC2. The molecule has 6 nitrogen and oxygen atoms in total. The molecule has 0 spiro atoms. The number of fused-ring (bicyclic) bond motifs is 1. The number of aryl methyl sites for hydroxylation is 2. The third-order valence-corrected chi connectivity index (χ3v) is 5.07. The highest BCUT2D eigenvalue weighted by Crippen LogP contribution is 2.30. The number of nitrogens with one attached hydrogen (secondary N) is 2. The summed E-state index contributed by atoms with van der Waals surface area (Å²) in [5.41, 5.74) is 2.18. The lowest BCUT2D eigenvalue weighted by molar-refractivity contribution is 0.0954. The lowest BCUT2D eigenvalue weighted by atomic mass is 10.2. The Morgan fingerprint density at radius 1 is 1.39 bits per heavy atom. The van der Waals surface area contributed by atoms with Crippen LogP contribution in [0.1, 0.15) is 32.4 Å². The van der Waals surface area contributed by atoms with E-state index in [0.29, 0.717) is 18.2 Å². The van der Waals surface area contributed by atoms with Crippen LogP contribution in [-0.2, 0) is 19.4 Å². The van der Waals surface area contributed by atoms with Crippen molar-refractivity contribution in [1.82, 2.24) is 25.5 Å². The second-order valence-corrected chi connectivity index (χ2v) is 6.58. The lowest BCUT2D eigenvalue weighted by Gasteiger charge is -2.00. The van der Waals surface area contributed by atoms with E-state index in [1.165, 1.54) is 16.9 Å². The number of aromatic amines is 1. The van der Waals surface area contributed by atoms with Gasteiger partial charge in [-0.3, -0.25) is 14.9 Å². The molecule has 0 bridgehead atoms. The fourth-order valence-electron chi connectivity index (χ4n) is 2.69. The number of aromatic nitrogens is 4. The normalized spacial score (nSPS) is 13.0. The van der Waals surface area contributed by atoms with Crippen molar-refractivity contribution in [2.24, 2.45) is 0 Å². The van der Waals surface area contributed by atoms with Crippen LogP contribution in [0.5, 0.6) is 0 Å². The largest absolute Gasteiger partial charge is 0.344 e. The smallest absolute Gasteiger partial charge is 0.261 e. The van der Waals surface area contributed by atoms with Crippen molar-refractivity contribution in [3.8, 4) is 11.4 Å². The van der Waals surface area contributed by atoms with Crippen molar-refractivity contribution in [3.63, 3.8) is 0 Å². The molecule has 23 heavy (non-hydrogen) atoms. The van der Waals surface area contributed by atoms with Gasteiger partial charge in [0.1, 0.15) is 5.82 Å². The van der Waals surface area contributed by atoms with Gasteiger partial charge in [-0.2, -0.15) is 5.10 Å². The monoisotopic (exact) mass is 325 g/mol. The number of amides is 1. The number of pyridine rings is 1. The van der Waals surface area contributed by atoms with Crippen LogP contribution in [0.4, 0.5) is 0 Å². The van der Waals surface area contributed by atoms with Crippen LogP contribution in [-0.4, -0.2) is 26.1 Å². The van der Waals surface area contributed by atoms with Gasteiger partial charge in [-0.25, -0.2) is 4.98 Å². The van der Waals surface area contributed by atoms with Gasteiger partial charge in [0.15, 0.2) is 5.82 Å². The summed E-state index contributed by atoms with van der Waals surface area (Å²) in [6, 6.07) is 5.75. The predicted molar refractivity (Wildman–Crippen MR) is 87.1 cm³/mol. The lowest BCUT2D eigenvalue weighted by Crippen LogP contribution is -2.22. The van der Waals surface area contributed by atoms with Crippen LogP contribution in [0.3, 0.4) is 0 Å². The van der Waals surface area contributed by atoms with Gasteiger partial charge in [0.25, 0.3) is 5.91 Å². The molecule has 116 valence electrons. The summed E-state index contributed by atoms with van der Waals surface area (Å²) in [7, 11) is 0. The summed E-state index contributed by atoms with van der Waals surface area (Å²) < 4.78 is 0. The molecule has 0 aliphatic heterocycles. The Morgan fingerprint density at radius 3 is 3.17 bits per heavy atom. The maximum atomic E-state index is 12.2. The van der Waals surface area contributed by atoms with Gasteiger partial charge in [-0.1, -0.05) is 0 Å². The zero-order chi connectivity index (χ0) is 15.6. The summed E-state index contributed by atoms with van der Waals surface area (Å²) in [4.78, 5) is 22.8. The molecule has 3 heterocycles. The van der Waals surface area contributed by atoms with Crippen LogP contribution < -0.4 is 5.32 Å². The van der Waals surface area contributed by atoms with E-state index in [4.69, 9.17) is 0 Å². The summed E-state index contributed by atoms with van der Waals surface area (Å²) in [5, 5.41) is 9.89. The van der Waals surface area contributed by atoms with Crippen molar-refractivity contribution in [1.29, 1.82) is 0 Å². The van der Waals surface area contributed by atoms with E-state index in [1.807, 2.05) is 18.2 Å². The van der Waals surface area contributed by atoms with Crippen LogP contribution in [0, 0.1) is 0 Å². The van der Waals surface area contributed by atoms with Gasteiger partial charge < -0.3 is 5.32 Å². The molecule has 0 saturated carbocycles. The van der Waals surface area contributed by atoms with E-state index in [0.717, 1.165) is 23.3 Å². The molecule has 0 atom stereocenters. The minimum atomic E-state index is -0.0521. The number of hydrogen-bond acceptors (Lipinski definition) is 5. The number of hydrogen-bond donors (Lipinski definition) is 2. The molecule has 0 radical (unpaired) electrons. The number of rotatable bonds is 4. The number of thiophene rings is 1. The van der Waals surface area contributed by atoms with Crippen molar-refractivity contribution >= 4 is 17.2 Å². The van der Waals surface area contributed by atoms with Crippen molar-refractivity contribution < 1.29 is 4.79 Å². The van der Waals surface area contributed by atoms with Crippen LogP contribution in [0.25, 0.3) is 11.4 Å². The Labute approximate surface area is 137 Å². The Morgan fingerprint density at radius 2 is 2.35 bits per heavy atom. The fourth-order valence-corrected chi connectivity index (χ4v) is 3.86. The average Bonchev–Trinajstić information content (AvgIpc) is 3.29. The maximum Gasteiger partial charge on any atom is 0.261 e. The molecule has 3 aromatic rings. The quantitative estimate of drug-likeness (QED) is 0.771. The Bertz CT molecular complexity index is 818. The van der Waals surface area contributed by atoms with Crippen molar-refractivity contribution in [3.05, 3.63) is 51.7 Å². The molecule has 2 N–H and O–H groups in total.